The summed E-state index contributed by atoms with van der Waals surface area (Å²) in [6, 6.07) is 12.3. The number of rotatable bonds is 2. The van der Waals surface area contributed by atoms with Crippen molar-refractivity contribution in [1.82, 2.24) is 0 Å². The molecule has 0 saturated carbocycles. The standard InChI is InChI=1S/C19H14ClN3O2/c1-10-3-4-11(2)16(7-10)23-18(24)14(9-21)17-13-8-12(20)5-6-15(13)22-19(17)25/h3-8H,1-2H3,(H,22,25)(H,23,24)/b17-14-. The molecule has 6 heteroatoms. The summed E-state index contributed by atoms with van der Waals surface area (Å²) in [5, 5.41) is 15.3. The Labute approximate surface area is 149 Å². The van der Waals surface area contributed by atoms with E-state index in [-0.39, 0.29) is 11.1 Å². The van der Waals surface area contributed by atoms with Crippen molar-refractivity contribution in [3.05, 3.63) is 63.7 Å². The highest BCUT2D eigenvalue weighted by Crippen LogP contribution is 2.36. The number of fused-ring (bicyclic) bond motifs is 1. The van der Waals surface area contributed by atoms with Crippen LogP contribution in [0.5, 0.6) is 0 Å². The lowest BCUT2D eigenvalue weighted by atomic mass is 10.0. The number of nitrogens with one attached hydrogen (secondary N) is 2. The maximum Gasteiger partial charge on any atom is 0.267 e. The van der Waals surface area contributed by atoms with Crippen LogP contribution in [0.1, 0.15) is 16.7 Å². The molecule has 0 spiro atoms. The van der Waals surface area contributed by atoms with Crippen LogP contribution in [0.15, 0.2) is 42.0 Å². The van der Waals surface area contributed by atoms with Crippen molar-refractivity contribution in [3.8, 4) is 6.07 Å². The first-order chi connectivity index (χ1) is 11.9. The summed E-state index contributed by atoms with van der Waals surface area (Å²) in [4.78, 5) is 24.9. The van der Waals surface area contributed by atoms with E-state index in [2.05, 4.69) is 10.6 Å². The van der Waals surface area contributed by atoms with Crippen LogP contribution < -0.4 is 10.6 Å². The van der Waals surface area contributed by atoms with Crippen LogP contribution in [-0.4, -0.2) is 11.8 Å². The molecule has 0 atom stereocenters. The summed E-state index contributed by atoms with van der Waals surface area (Å²) in [7, 11) is 0. The highest BCUT2D eigenvalue weighted by molar-refractivity contribution is 6.38. The topological polar surface area (TPSA) is 82.0 Å². The van der Waals surface area contributed by atoms with Gasteiger partial charge in [0.15, 0.2) is 0 Å². The van der Waals surface area contributed by atoms with Crippen molar-refractivity contribution in [3.63, 3.8) is 0 Å². The molecule has 0 unspecified atom stereocenters. The molecule has 2 amide bonds. The van der Waals surface area contributed by atoms with Crippen LogP contribution in [0.4, 0.5) is 11.4 Å². The molecule has 3 rings (SSSR count). The molecule has 2 aromatic carbocycles. The molecule has 1 aliphatic heterocycles. The van der Waals surface area contributed by atoms with Crippen molar-refractivity contribution >= 4 is 40.4 Å². The lowest BCUT2D eigenvalue weighted by Gasteiger charge is -2.10. The molecule has 1 aliphatic rings. The van der Waals surface area contributed by atoms with Crippen LogP contribution in [0.3, 0.4) is 0 Å². The molecule has 1 heterocycles. The minimum absolute atomic E-state index is 0.0304. The minimum atomic E-state index is -0.630. The summed E-state index contributed by atoms with van der Waals surface area (Å²) >= 11 is 5.99. The number of carbonyl (C=O) groups excluding carboxylic acids is 2. The monoisotopic (exact) mass is 351 g/mol. The van der Waals surface area contributed by atoms with E-state index < -0.39 is 11.8 Å². The second-order valence-corrected chi connectivity index (χ2v) is 6.21. The summed E-state index contributed by atoms with van der Waals surface area (Å²) < 4.78 is 0. The molecule has 124 valence electrons. The number of carbonyl (C=O) groups is 2. The summed E-state index contributed by atoms with van der Waals surface area (Å²) in [6.45, 7) is 3.76. The molecule has 5 nitrogen and oxygen atoms in total. The van der Waals surface area contributed by atoms with Gasteiger partial charge >= 0.3 is 0 Å². The molecule has 25 heavy (non-hydrogen) atoms. The van der Waals surface area contributed by atoms with E-state index in [9.17, 15) is 14.9 Å². The Morgan fingerprint density at radius 3 is 2.68 bits per heavy atom. The number of benzene rings is 2. The molecular weight excluding hydrogens is 338 g/mol. The van der Waals surface area contributed by atoms with Crippen molar-refractivity contribution in [2.45, 2.75) is 13.8 Å². The Morgan fingerprint density at radius 2 is 1.96 bits per heavy atom. The Hall–Kier alpha value is -3.10. The van der Waals surface area contributed by atoms with Gasteiger partial charge in [0, 0.05) is 22.0 Å². The number of halogens is 1. The lowest BCUT2D eigenvalue weighted by molar-refractivity contribution is -0.113. The lowest BCUT2D eigenvalue weighted by Crippen LogP contribution is -2.18. The summed E-state index contributed by atoms with van der Waals surface area (Å²) in [6.07, 6.45) is 0. The average molecular weight is 352 g/mol. The zero-order chi connectivity index (χ0) is 18.1. The largest absolute Gasteiger partial charge is 0.321 e. The number of anilines is 2. The van der Waals surface area contributed by atoms with Gasteiger partial charge in [0.05, 0.1) is 5.57 Å². The van der Waals surface area contributed by atoms with Gasteiger partial charge in [-0.15, -0.1) is 0 Å². The van der Waals surface area contributed by atoms with E-state index in [1.165, 1.54) is 0 Å². The van der Waals surface area contributed by atoms with E-state index in [0.717, 1.165) is 11.1 Å². The number of nitrogens with zero attached hydrogens (tertiary/aromatic N) is 1. The summed E-state index contributed by atoms with van der Waals surface area (Å²) in [5.74, 6) is -1.13. The van der Waals surface area contributed by atoms with Gasteiger partial charge in [0.2, 0.25) is 0 Å². The van der Waals surface area contributed by atoms with Gasteiger partial charge < -0.3 is 10.6 Å². The highest BCUT2D eigenvalue weighted by atomic mass is 35.5. The predicted molar refractivity (Wildman–Crippen MR) is 97.2 cm³/mol. The van der Waals surface area contributed by atoms with Gasteiger partial charge in [-0.2, -0.15) is 5.26 Å². The first kappa shape index (κ1) is 16.7. The maximum atomic E-state index is 12.6. The van der Waals surface area contributed by atoms with Gasteiger partial charge in [-0.3, -0.25) is 9.59 Å². The van der Waals surface area contributed by atoms with Crippen LogP contribution in [0.2, 0.25) is 5.02 Å². The van der Waals surface area contributed by atoms with E-state index >= 15 is 0 Å². The fraction of sp³-hybridized carbons (Fsp3) is 0.105. The number of hydrogen-bond donors (Lipinski definition) is 2. The molecular formula is C19H14ClN3O2. The predicted octanol–water partition coefficient (Wildman–Crippen LogP) is 3.82. The first-order valence-corrected chi connectivity index (χ1v) is 7.92. The maximum absolute atomic E-state index is 12.6. The molecule has 0 aromatic heterocycles. The van der Waals surface area contributed by atoms with E-state index in [4.69, 9.17) is 11.6 Å². The van der Waals surface area contributed by atoms with Crippen molar-refractivity contribution < 1.29 is 9.59 Å². The second-order valence-electron chi connectivity index (χ2n) is 5.78. The molecule has 0 radical (unpaired) electrons. The Balaban J connectivity index is 2.05. The molecule has 0 bridgehead atoms. The number of amides is 2. The van der Waals surface area contributed by atoms with E-state index in [1.807, 2.05) is 38.1 Å². The highest BCUT2D eigenvalue weighted by Gasteiger charge is 2.30. The van der Waals surface area contributed by atoms with Gasteiger partial charge in [-0.05, 0) is 49.2 Å². The molecule has 0 fully saturated rings. The Kier molecular flexibility index (Phi) is 4.30. The van der Waals surface area contributed by atoms with Crippen LogP contribution >= 0.6 is 11.6 Å². The number of aryl methyl sites for hydroxylation is 2. The fourth-order valence-electron chi connectivity index (χ4n) is 2.66. The van der Waals surface area contributed by atoms with Crippen LogP contribution in [0.25, 0.3) is 5.57 Å². The average Bonchev–Trinajstić information content (AvgIpc) is 2.88. The van der Waals surface area contributed by atoms with Gasteiger partial charge in [-0.25, -0.2) is 0 Å². The van der Waals surface area contributed by atoms with Gasteiger partial charge in [0.25, 0.3) is 11.8 Å². The Morgan fingerprint density at radius 1 is 1.20 bits per heavy atom. The number of hydrogen-bond acceptors (Lipinski definition) is 3. The summed E-state index contributed by atoms with van der Waals surface area (Å²) in [5.41, 5.74) is 3.19. The van der Waals surface area contributed by atoms with Crippen LogP contribution in [0, 0.1) is 25.2 Å². The number of nitriles is 1. The quantitative estimate of drug-likeness (QED) is 0.637. The zero-order valence-electron chi connectivity index (χ0n) is 13.6. The van der Waals surface area contributed by atoms with Crippen molar-refractivity contribution in [2.24, 2.45) is 0 Å². The van der Waals surface area contributed by atoms with E-state index in [1.54, 1.807) is 18.2 Å². The smallest absolute Gasteiger partial charge is 0.267 e. The normalized spacial score (nSPS) is 14.4. The second kappa shape index (κ2) is 6.42. The van der Waals surface area contributed by atoms with Crippen molar-refractivity contribution in [2.75, 3.05) is 10.6 Å². The Bertz CT molecular complexity index is 987. The minimum Gasteiger partial charge on any atom is -0.321 e. The van der Waals surface area contributed by atoms with E-state index in [0.29, 0.717) is 22.0 Å². The third-order valence-corrected chi connectivity index (χ3v) is 4.19. The molecule has 2 aromatic rings. The third-order valence-electron chi connectivity index (χ3n) is 3.96. The van der Waals surface area contributed by atoms with Gasteiger partial charge in [0.1, 0.15) is 11.6 Å². The molecule has 2 N–H and O–H groups in total. The van der Waals surface area contributed by atoms with Crippen molar-refractivity contribution in [1.29, 1.82) is 5.26 Å². The fourth-order valence-corrected chi connectivity index (χ4v) is 2.84. The SMILES string of the molecule is Cc1ccc(C)c(NC(=O)/C(C#N)=C2\C(=O)Nc3ccc(Cl)cc32)c1. The third kappa shape index (κ3) is 3.12. The van der Waals surface area contributed by atoms with Crippen LogP contribution in [-0.2, 0) is 9.59 Å². The zero-order valence-corrected chi connectivity index (χ0v) is 14.4. The molecule has 0 aliphatic carbocycles. The molecule has 0 saturated heterocycles. The first-order valence-electron chi connectivity index (χ1n) is 7.55. The van der Waals surface area contributed by atoms with Gasteiger partial charge in [-0.1, -0.05) is 23.7 Å².